The Morgan fingerprint density at radius 3 is 2.32 bits per heavy atom. The summed E-state index contributed by atoms with van der Waals surface area (Å²) in [5, 5.41) is 24.2. The van der Waals surface area contributed by atoms with E-state index in [0.29, 0.717) is 0 Å². The highest BCUT2D eigenvalue weighted by Crippen LogP contribution is 2.17. The van der Waals surface area contributed by atoms with E-state index in [2.05, 4.69) is 17.0 Å². The minimum atomic E-state index is -1.82. The van der Waals surface area contributed by atoms with Crippen LogP contribution in [-0.4, -0.2) is 58.5 Å². The second-order valence-corrected chi connectivity index (χ2v) is 4.97. The molecular formula is C15H21NO6. The normalized spacial score (nSPS) is 15.5. The number of carboxylic acids is 2. The molecule has 0 bridgehead atoms. The zero-order chi connectivity index (χ0) is 16.5. The SMILES string of the molecule is COc1cccc(CN2CCC(O)CC2)c1.O=C(O)C(=O)O. The largest absolute Gasteiger partial charge is 0.497 e. The number of likely N-dealkylation sites (tertiary alicyclic amines) is 1. The van der Waals surface area contributed by atoms with Crippen LogP contribution in [0.2, 0.25) is 0 Å². The number of carboxylic acid groups (broad SMARTS) is 2. The molecule has 1 aromatic carbocycles. The number of hydrogen-bond acceptors (Lipinski definition) is 5. The third-order valence-electron chi connectivity index (χ3n) is 3.28. The summed E-state index contributed by atoms with van der Waals surface area (Å²) in [6, 6.07) is 8.18. The second-order valence-electron chi connectivity index (χ2n) is 4.97. The number of aliphatic hydroxyl groups is 1. The Bertz CT molecular complexity index is 485. The Labute approximate surface area is 128 Å². The third kappa shape index (κ3) is 6.55. The summed E-state index contributed by atoms with van der Waals surface area (Å²) in [4.78, 5) is 20.6. The van der Waals surface area contributed by atoms with Crippen molar-refractivity contribution >= 4 is 11.9 Å². The van der Waals surface area contributed by atoms with Gasteiger partial charge in [-0.15, -0.1) is 0 Å². The van der Waals surface area contributed by atoms with Gasteiger partial charge in [-0.2, -0.15) is 0 Å². The van der Waals surface area contributed by atoms with Crippen LogP contribution in [0.1, 0.15) is 18.4 Å². The summed E-state index contributed by atoms with van der Waals surface area (Å²) in [7, 11) is 1.69. The van der Waals surface area contributed by atoms with E-state index < -0.39 is 11.9 Å². The number of benzene rings is 1. The summed E-state index contributed by atoms with van der Waals surface area (Å²) in [6.07, 6.45) is 1.69. The molecule has 1 heterocycles. The number of nitrogens with zero attached hydrogens (tertiary/aromatic N) is 1. The number of ether oxygens (including phenoxy) is 1. The molecule has 122 valence electrons. The van der Waals surface area contributed by atoms with Gasteiger partial charge in [-0.1, -0.05) is 12.1 Å². The zero-order valence-electron chi connectivity index (χ0n) is 12.4. The van der Waals surface area contributed by atoms with Gasteiger partial charge in [-0.25, -0.2) is 9.59 Å². The number of rotatable bonds is 3. The molecule has 0 atom stereocenters. The number of hydrogen-bond donors (Lipinski definition) is 3. The van der Waals surface area contributed by atoms with Gasteiger partial charge in [0, 0.05) is 19.6 Å². The van der Waals surface area contributed by atoms with Crippen molar-refractivity contribution in [2.45, 2.75) is 25.5 Å². The smallest absolute Gasteiger partial charge is 0.414 e. The fourth-order valence-corrected chi connectivity index (χ4v) is 2.11. The van der Waals surface area contributed by atoms with Crippen molar-refractivity contribution in [3.05, 3.63) is 29.8 Å². The van der Waals surface area contributed by atoms with Crippen LogP contribution < -0.4 is 4.74 Å². The minimum Gasteiger partial charge on any atom is -0.497 e. The summed E-state index contributed by atoms with van der Waals surface area (Å²) in [5.74, 6) is -2.74. The van der Waals surface area contributed by atoms with Crippen LogP contribution in [-0.2, 0) is 16.1 Å². The van der Waals surface area contributed by atoms with Crippen LogP contribution in [0.3, 0.4) is 0 Å². The van der Waals surface area contributed by atoms with E-state index in [-0.39, 0.29) is 6.10 Å². The van der Waals surface area contributed by atoms with Crippen LogP contribution in [0.4, 0.5) is 0 Å². The highest BCUT2D eigenvalue weighted by Gasteiger charge is 2.16. The van der Waals surface area contributed by atoms with E-state index in [9.17, 15) is 5.11 Å². The number of aliphatic carboxylic acids is 2. The molecule has 0 radical (unpaired) electrons. The van der Waals surface area contributed by atoms with E-state index in [4.69, 9.17) is 24.5 Å². The lowest BCUT2D eigenvalue weighted by atomic mass is 10.1. The molecule has 0 saturated carbocycles. The lowest BCUT2D eigenvalue weighted by Crippen LogP contribution is -2.35. The zero-order valence-corrected chi connectivity index (χ0v) is 12.4. The molecule has 7 nitrogen and oxygen atoms in total. The average Bonchev–Trinajstić information content (AvgIpc) is 2.50. The maximum atomic E-state index is 9.43. The van der Waals surface area contributed by atoms with Gasteiger partial charge in [-0.05, 0) is 30.5 Å². The summed E-state index contributed by atoms with van der Waals surface area (Å²) in [5.41, 5.74) is 1.27. The van der Waals surface area contributed by atoms with Gasteiger partial charge in [0.25, 0.3) is 0 Å². The third-order valence-corrected chi connectivity index (χ3v) is 3.28. The minimum absolute atomic E-state index is 0.0958. The summed E-state index contributed by atoms with van der Waals surface area (Å²) in [6.45, 7) is 2.92. The van der Waals surface area contributed by atoms with Gasteiger partial charge in [0.2, 0.25) is 0 Å². The molecular weight excluding hydrogens is 290 g/mol. The monoisotopic (exact) mass is 311 g/mol. The second kappa shape index (κ2) is 9.01. The summed E-state index contributed by atoms with van der Waals surface area (Å²) >= 11 is 0. The Kier molecular flexibility index (Phi) is 7.34. The number of piperidine rings is 1. The predicted octanol–water partition coefficient (Wildman–Crippen LogP) is 0.807. The fourth-order valence-electron chi connectivity index (χ4n) is 2.11. The molecule has 3 N–H and O–H groups in total. The summed E-state index contributed by atoms with van der Waals surface area (Å²) < 4.78 is 5.20. The Balaban J connectivity index is 0.000000346. The van der Waals surface area contributed by atoms with Crippen LogP contribution in [0.15, 0.2) is 24.3 Å². The van der Waals surface area contributed by atoms with Gasteiger partial charge in [0.15, 0.2) is 0 Å². The van der Waals surface area contributed by atoms with Gasteiger partial charge in [-0.3, -0.25) is 4.90 Å². The topological polar surface area (TPSA) is 107 Å². The first-order valence-electron chi connectivity index (χ1n) is 6.92. The first-order chi connectivity index (χ1) is 10.4. The molecule has 0 spiro atoms. The van der Waals surface area contributed by atoms with Crippen molar-refractivity contribution in [1.82, 2.24) is 4.90 Å². The molecule has 0 aliphatic carbocycles. The number of methoxy groups -OCH3 is 1. The fraction of sp³-hybridized carbons (Fsp3) is 0.467. The highest BCUT2D eigenvalue weighted by atomic mass is 16.5. The number of carbonyl (C=O) groups is 2. The van der Waals surface area contributed by atoms with Crippen LogP contribution in [0.5, 0.6) is 5.75 Å². The Morgan fingerprint density at radius 1 is 1.23 bits per heavy atom. The van der Waals surface area contributed by atoms with Crippen molar-refractivity contribution in [2.24, 2.45) is 0 Å². The van der Waals surface area contributed by atoms with E-state index in [1.807, 2.05) is 12.1 Å². The lowest BCUT2D eigenvalue weighted by Gasteiger charge is -2.29. The average molecular weight is 311 g/mol. The van der Waals surface area contributed by atoms with E-state index in [0.717, 1.165) is 38.2 Å². The van der Waals surface area contributed by atoms with Crippen LogP contribution >= 0.6 is 0 Å². The van der Waals surface area contributed by atoms with Gasteiger partial charge in [0.05, 0.1) is 13.2 Å². The maximum Gasteiger partial charge on any atom is 0.414 e. The van der Waals surface area contributed by atoms with Gasteiger partial charge < -0.3 is 20.1 Å². The van der Waals surface area contributed by atoms with Gasteiger partial charge >= 0.3 is 11.9 Å². The quantitative estimate of drug-likeness (QED) is 0.709. The molecule has 22 heavy (non-hydrogen) atoms. The molecule has 2 rings (SSSR count). The lowest BCUT2D eigenvalue weighted by molar-refractivity contribution is -0.159. The molecule has 0 amide bonds. The van der Waals surface area contributed by atoms with Crippen molar-refractivity contribution in [3.8, 4) is 5.75 Å². The molecule has 1 aromatic rings. The predicted molar refractivity (Wildman–Crippen MR) is 78.8 cm³/mol. The van der Waals surface area contributed by atoms with E-state index >= 15 is 0 Å². The Morgan fingerprint density at radius 2 is 1.82 bits per heavy atom. The van der Waals surface area contributed by atoms with E-state index in [1.54, 1.807) is 7.11 Å². The van der Waals surface area contributed by atoms with Crippen LogP contribution in [0.25, 0.3) is 0 Å². The first kappa shape index (κ1) is 17.9. The van der Waals surface area contributed by atoms with Crippen molar-refractivity contribution in [1.29, 1.82) is 0 Å². The molecule has 1 aliphatic rings. The standard InChI is InChI=1S/C13H19NO2.C2H2O4/c1-16-13-4-2-3-11(9-13)10-14-7-5-12(15)6-8-14;3-1(4)2(5)6/h2-4,9,12,15H,5-8,10H2,1H3;(H,3,4)(H,5,6). The van der Waals surface area contributed by atoms with Gasteiger partial charge in [0.1, 0.15) is 5.75 Å². The molecule has 0 unspecified atom stereocenters. The Hall–Kier alpha value is -2.12. The van der Waals surface area contributed by atoms with E-state index in [1.165, 1.54) is 5.56 Å². The molecule has 7 heteroatoms. The molecule has 0 aromatic heterocycles. The molecule has 1 saturated heterocycles. The number of aliphatic hydroxyl groups excluding tert-OH is 1. The van der Waals surface area contributed by atoms with Crippen LogP contribution in [0, 0.1) is 0 Å². The van der Waals surface area contributed by atoms with Crippen molar-refractivity contribution < 1.29 is 29.6 Å². The highest BCUT2D eigenvalue weighted by molar-refractivity contribution is 6.27. The molecule has 1 fully saturated rings. The maximum absolute atomic E-state index is 9.43. The van der Waals surface area contributed by atoms with Crippen molar-refractivity contribution in [2.75, 3.05) is 20.2 Å². The van der Waals surface area contributed by atoms with Crippen molar-refractivity contribution in [3.63, 3.8) is 0 Å². The molecule has 1 aliphatic heterocycles. The first-order valence-corrected chi connectivity index (χ1v) is 6.92.